The molecule has 0 N–H and O–H groups in total. The molecule has 49 valence electrons. The molecule has 0 aromatic heterocycles. The van der Waals surface area contributed by atoms with E-state index in [-0.39, 0.29) is 5.60 Å². The predicted octanol–water partition coefficient (Wildman–Crippen LogP) is 2.43. The molecule has 2 heteroatoms. The van der Waals surface area contributed by atoms with Gasteiger partial charge in [0.05, 0.1) is 0 Å². The van der Waals surface area contributed by atoms with Gasteiger partial charge in [-0.2, -0.15) is 0 Å². The molecular formula is C6H15OTi. The van der Waals surface area contributed by atoms with Crippen molar-refractivity contribution < 1.29 is 21.6 Å². The molecule has 0 aliphatic carbocycles. The molecule has 0 spiro atoms. The topological polar surface area (TPSA) is 9.23 Å². The van der Waals surface area contributed by atoms with Gasteiger partial charge >= 0.3 is 58.4 Å². The summed E-state index contributed by atoms with van der Waals surface area (Å²) in [6.07, 6.45) is 0. The average molecular weight is 151 g/mol. The summed E-state index contributed by atoms with van der Waals surface area (Å²) in [6, 6.07) is 0. The molecule has 0 atom stereocenters. The van der Waals surface area contributed by atoms with Gasteiger partial charge in [-0.15, -0.1) is 0 Å². The Balaban J connectivity index is 3.39. The maximum atomic E-state index is 5.60. The van der Waals surface area contributed by atoms with Crippen molar-refractivity contribution in [2.75, 3.05) is 0 Å². The standard InChI is InChI=1S/C4H9O.2CH3.Ti/c1-4(2,3)5;;;/h1-3H3;2*1H3;/q-1;;;+1. The summed E-state index contributed by atoms with van der Waals surface area (Å²) in [5.74, 6) is 0. The van der Waals surface area contributed by atoms with Crippen LogP contribution in [0.15, 0.2) is 0 Å². The van der Waals surface area contributed by atoms with Crippen LogP contribution in [0.5, 0.6) is 0 Å². The van der Waals surface area contributed by atoms with Crippen LogP contribution in [-0.2, 0) is 21.6 Å². The fourth-order valence-corrected chi connectivity index (χ4v) is 2.52. The van der Waals surface area contributed by atoms with Crippen LogP contribution in [-0.4, -0.2) is 5.60 Å². The van der Waals surface area contributed by atoms with E-state index in [1.165, 1.54) is 0 Å². The van der Waals surface area contributed by atoms with Gasteiger partial charge in [0.25, 0.3) is 0 Å². The first-order valence-electron chi connectivity index (χ1n) is 2.91. The first kappa shape index (κ1) is 8.67. The Bertz CT molecular complexity index is 63.4. The first-order valence-corrected chi connectivity index (χ1v) is 6.67. The van der Waals surface area contributed by atoms with Crippen LogP contribution in [0.25, 0.3) is 0 Å². The van der Waals surface area contributed by atoms with Crippen molar-refractivity contribution in [2.24, 2.45) is 0 Å². The fraction of sp³-hybridized carbons (Fsp3) is 1.00. The van der Waals surface area contributed by atoms with E-state index >= 15 is 0 Å². The number of hydrogen-bond donors (Lipinski definition) is 0. The van der Waals surface area contributed by atoms with E-state index in [0.29, 0.717) is 0 Å². The summed E-state index contributed by atoms with van der Waals surface area (Å²) >= 11 is -1.02. The summed E-state index contributed by atoms with van der Waals surface area (Å²) in [5.41, 5.74) is 0.0961. The zero-order valence-electron chi connectivity index (χ0n) is 6.41. The van der Waals surface area contributed by atoms with Crippen LogP contribution < -0.4 is 0 Å². The van der Waals surface area contributed by atoms with Crippen molar-refractivity contribution in [1.29, 1.82) is 0 Å². The maximum absolute atomic E-state index is 5.60. The van der Waals surface area contributed by atoms with Crippen molar-refractivity contribution in [1.82, 2.24) is 0 Å². The van der Waals surface area contributed by atoms with E-state index in [4.69, 9.17) is 3.32 Å². The quantitative estimate of drug-likeness (QED) is 0.523. The van der Waals surface area contributed by atoms with Crippen LogP contribution in [0.2, 0.25) is 10.5 Å². The van der Waals surface area contributed by atoms with Gasteiger partial charge in [-0.25, -0.2) is 0 Å². The second kappa shape index (κ2) is 3.00. The molecule has 0 rings (SSSR count). The van der Waals surface area contributed by atoms with E-state index in [1.807, 2.05) is 0 Å². The SMILES string of the molecule is [CH3][Ti]([CH3])[O]C(C)(C)C. The minimum absolute atomic E-state index is 0.0961. The van der Waals surface area contributed by atoms with Crippen molar-refractivity contribution in [3.63, 3.8) is 0 Å². The summed E-state index contributed by atoms with van der Waals surface area (Å²) in [7, 11) is 0. The molecule has 1 nitrogen and oxygen atoms in total. The zero-order valence-corrected chi connectivity index (χ0v) is 7.97. The number of rotatable bonds is 1. The Hall–Kier alpha value is 0.674. The van der Waals surface area contributed by atoms with Crippen molar-refractivity contribution in [2.45, 2.75) is 36.8 Å². The van der Waals surface area contributed by atoms with E-state index in [9.17, 15) is 0 Å². The van der Waals surface area contributed by atoms with Gasteiger partial charge in [-0.1, -0.05) is 0 Å². The van der Waals surface area contributed by atoms with E-state index in [2.05, 4.69) is 31.2 Å². The van der Waals surface area contributed by atoms with Crippen LogP contribution in [0.3, 0.4) is 0 Å². The summed E-state index contributed by atoms with van der Waals surface area (Å²) in [4.78, 5) is 0. The average Bonchev–Trinajstić information content (AvgIpc) is 1.21. The molecule has 0 bridgehead atoms. The third-order valence-corrected chi connectivity index (χ3v) is 2.10. The Kier molecular flexibility index (Phi) is 3.25. The van der Waals surface area contributed by atoms with Gasteiger partial charge < -0.3 is 0 Å². The van der Waals surface area contributed by atoms with E-state index in [0.717, 1.165) is 0 Å². The Labute approximate surface area is 58.7 Å². The molecule has 0 aromatic carbocycles. The van der Waals surface area contributed by atoms with Crippen molar-refractivity contribution >= 4 is 0 Å². The number of hydrogen-bond acceptors (Lipinski definition) is 1. The van der Waals surface area contributed by atoms with Crippen LogP contribution in [0.1, 0.15) is 20.8 Å². The molecule has 0 unspecified atom stereocenters. The molecule has 0 radical (unpaired) electrons. The molecule has 0 amide bonds. The van der Waals surface area contributed by atoms with Gasteiger partial charge in [0.2, 0.25) is 0 Å². The summed E-state index contributed by atoms with van der Waals surface area (Å²) in [5, 5.41) is 4.43. The molecule has 0 aromatic rings. The molecule has 0 heterocycles. The van der Waals surface area contributed by atoms with E-state index in [1.54, 1.807) is 0 Å². The first-order chi connectivity index (χ1) is 3.42. The third-order valence-electron chi connectivity index (χ3n) is 0.510. The second-order valence-electron chi connectivity index (χ2n) is 3.12. The Morgan fingerprint density at radius 1 is 1.12 bits per heavy atom. The molecular weight excluding hydrogens is 136 g/mol. The summed E-state index contributed by atoms with van der Waals surface area (Å²) in [6.45, 7) is 6.31. The summed E-state index contributed by atoms with van der Waals surface area (Å²) < 4.78 is 5.60. The van der Waals surface area contributed by atoms with Crippen LogP contribution in [0.4, 0.5) is 0 Å². The normalized spacial score (nSPS) is 11.6. The molecule has 0 saturated heterocycles. The predicted molar refractivity (Wildman–Crippen MR) is 32.6 cm³/mol. The third kappa shape index (κ3) is 6.67. The fourth-order valence-electron chi connectivity index (χ4n) is 0.612. The molecule has 0 aliphatic rings. The molecule has 0 saturated carbocycles. The van der Waals surface area contributed by atoms with Gasteiger partial charge in [0.1, 0.15) is 0 Å². The van der Waals surface area contributed by atoms with Gasteiger partial charge in [0, 0.05) is 0 Å². The zero-order chi connectivity index (χ0) is 6.78. The van der Waals surface area contributed by atoms with Crippen molar-refractivity contribution in [3.05, 3.63) is 0 Å². The van der Waals surface area contributed by atoms with Crippen LogP contribution >= 0.6 is 0 Å². The van der Waals surface area contributed by atoms with Gasteiger partial charge in [-0.3, -0.25) is 0 Å². The van der Waals surface area contributed by atoms with Gasteiger partial charge in [0.15, 0.2) is 0 Å². The minimum atomic E-state index is -1.02. The molecule has 0 aliphatic heterocycles. The monoisotopic (exact) mass is 151 g/mol. The molecule has 8 heavy (non-hydrogen) atoms. The second-order valence-corrected chi connectivity index (χ2v) is 6.28. The van der Waals surface area contributed by atoms with Crippen molar-refractivity contribution in [3.8, 4) is 0 Å². The molecule has 0 fully saturated rings. The Morgan fingerprint density at radius 3 is 1.50 bits per heavy atom. The van der Waals surface area contributed by atoms with E-state index < -0.39 is 18.3 Å². The Morgan fingerprint density at radius 2 is 1.50 bits per heavy atom. The van der Waals surface area contributed by atoms with Crippen LogP contribution in [0, 0.1) is 0 Å². The van der Waals surface area contributed by atoms with Gasteiger partial charge in [-0.05, 0) is 0 Å².